The van der Waals surface area contributed by atoms with Crippen molar-refractivity contribution < 1.29 is 28.5 Å². The molecular weight excluding hydrogens is 618 g/mol. The maximum absolute atomic E-state index is 14.2. The van der Waals surface area contributed by atoms with Crippen LogP contribution in [0.4, 0.5) is 0 Å². The number of aryl methyl sites for hydroxylation is 1. The number of aromatic nitrogens is 2. The minimum Gasteiger partial charge on any atom is -0.493 e. The van der Waals surface area contributed by atoms with E-state index in [1.807, 2.05) is 58.0 Å². The van der Waals surface area contributed by atoms with Crippen molar-refractivity contribution in [1.82, 2.24) is 9.13 Å². The van der Waals surface area contributed by atoms with Crippen molar-refractivity contribution in [1.29, 1.82) is 0 Å². The summed E-state index contributed by atoms with van der Waals surface area (Å²) < 4.78 is 26.2. The minimum atomic E-state index is -0.792. The molecule has 10 nitrogen and oxygen atoms in total. The van der Waals surface area contributed by atoms with E-state index in [1.165, 1.54) is 11.3 Å². The Hall–Kier alpha value is -4.90. The molecule has 1 atom stereocenters. The van der Waals surface area contributed by atoms with Gasteiger partial charge in [-0.15, -0.1) is 0 Å². The van der Waals surface area contributed by atoms with Gasteiger partial charge in [-0.2, -0.15) is 0 Å². The van der Waals surface area contributed by atoms with E-state index in [0.29, 0.717) is 44.3 Å². The Labute approximate surface area is 277 Å². The average molecular weight is 658 g/mol. The predicted octanol–water partition coefficient (Wildman–Crippen LogP) is 5.18. The number of hydrogen-bond acceptors (Lipinski definition) is 9. The van der Waals surface area contributed by atoms with Gasteiger partial charge in [0.25, 0.3) is 5.56 Å². The third kappa shape index (κ3) is 6.53. The van der Waals surface area contributed by atoms with Crippen LogP contribution in [-0.2, 0) is 14.3 Å². The fourth-order valence-electron chi connectivity index (χ4n) is 5.75. The first-order chi connectivity index (χ1) is 22.5. The van der Waals surface area contributed by atoms with Gasteiger partial charge >= 0.3 is 11.9 Å². The molecule has 5 rings (SSSR count). The second kappa shape index (κ2) is 13.8. The van der Waals surface area contributed by atoms with Gasteiger partial charge in [-0.05, 0) is 108 Å². The number of rotatable bonds is 10. The molecule has 2 aromatic heterocycles. The molecule has 0 amide bonds. The van der Waals surface area contributed by atoms with Crippen molar-refractivity contribution in [3.05, 3.63) is 108 Å². The summed E-state index contributed by atoms with van der Waals surface area (Å²) in [5, 5.41) is 0. The van der Waals surface area contributed by atoms with E-state index in [1.54, 1.807) is 56.7 Å². The summed E-state index contributed by atoms with van der Waals surface area (Å²) in [5.41, 5.74) is 5.24. The molecule has 47 heavy (non-hydrogen) atoms. The number of esters is 2. The number of nitrogens with zero attached hydrogens (tertiary/aromatic N) is 3. The topological polar surface area (TPSA) is 110 Å². The molecule has 0 aliphatic carbocycles. The number of ether oxygens (including phenoxy) is 4. The maximum Gasteiger partial charge on any atom is 0.338 e. The SMILES string of the molecule is CCOC(=O)C1=C(C)N=c2s/c(=C\c3cc(C)n(-c4ccc(C(=O)OCC)cc4)c3C)c(=O)n2[C@@H]1c1ccc(OC(C)C)c(OC)c1. The lowest BCUT2D eigenvalue weighted by molar-refractivity contribution is -0.139. The number of methoxy groups -OCH3 is 1. The number of allylic oxidation sites excluding steroid dienone is 1. The molecule has 4 aromatic rings. The second-order valence-electron chi connectivity index (χ2n) is 11.3. The van der Waals surface area contributed by atoms with E-state index >= 15 is 0 Å². The van der Waals surface area contributed by atoms with Crippen LogP contribution < -0.4 is 24.4 Å². The highest BCUT2D eigenvalue weighted by Crippen LogP contribution is 2.36. The Morgan fingerprint density at radius 2 is 1.64 bits per heavy atom. The Morgan fingerprint density at radius 1 is 0.957 bits per heavy atom. The molecular formula is C36H39N3O7S. The highest BCUT2D eigenvalue weighted by Gasteiger charge is 2.34. The van der Waals surface area contributed by atoms with Gasteiger partial charge in [0.2, 0.25) is 0 Å². The van der Waals surface area contributed by atoms with Crippen molar-refractivity contribution in [2.45, 2.75) is 60.6 Å². The summed E-state index contributed by atoms with van der Waals surface area (Å²) >= 11 is 1.26. The molecule has 0 N–H and O–H groups in total. The molecule has 0 spiro atoms. The highest BCUT2D eigenvalue weighted by molar-refractivity contribution is 7.07. The van der Waals surface area contributed by atoms with Crippen LogP contribution in [-0.4, -0.2) is 47.5 Å². The molecule has 2 aromatic carbocycles. The van der Waals surface area contributed by atoms with E-state index in [9.17, 15) is 14.4 Å². The summed E-state index contributed by atoms with van der Waals surface area (Å²) in [6.07, 6.45) is 1.78. The van der Waals surface area contributed by atoms with E-state index in [4.69, 9.17) is 23.9 Å². The molecule has 0 unspecified atom stereocenters. The van der Waals surface area contributed by atoms with Gasteiger partial charge in [0, 0.05) is 17.1 Å². The van der Waals surface area contributed by atoms with E-state index in [2.05, 4.69) is 4.57 Å². The lowest BCUT2D eigenvalue weighted by Gasteiger charge is -2.25. The van der Waals surface area contributed by atoms with Crippen molar-refractivity contribution in [3.63, 3.8) is 0 Å². The van der Waals surface area contributed by atoms with E-state index in [0.717, 1.165) is 22.6 Å². The quantitative estimate of drug-likeness (QED) is 0.216. The van der Waals surface area contributed by atoms with Crippen LogP contribution in [0.3, 0.4) is 0 Å². The number of hydrogen-bond donors (Lipinski definition) is 0. The maximum atomic E-state index is 14.2. The summed E-state index contributed by atoms with van der Waals surface area (Å²) in [6, 6.07) is 13.9. The van der Waals surface area contributed by atoms with Gasteiger partial charge in [0.1, 0.15) is 0 Å². The van der Waals surface area contributed by atoms with Crippen molar-refractivity contribution >= 4 is 29.4 Å². The number of carbonyl (C=O) groups excluding carboxylic acids is 2. The number of carbonyl (C=O) groups is 2. The molecule has 1 aliphatic rings. The van der Waals surface area contributed by atoms with Crippen LogP contribution in [0, 0.1) is 13.8 Å². The third-order valence-corrected chi connectivity index (χ3v) is 8.76. The first-order valence-electron chi connectivity index (χ1n) is 15.5. The summed E-state index contributed by atoms with van der Waals surface area (Å²) in [4.78, 5) is 44.9. The predicted molar refractivity (Wildman–Crippen MR) is 180 cm³/mol. The number of fused-ring (bicyclic) bond motifs is 1. The molecule has 0 saturated carbocycles. The Morgan fingerprint density at radius 3 is 2.28 bits per heavy atom. The molecule has 246 valence electrons. The van der Waals surface area contributed by atoms with Crippen molar-refractivity contribution in [3.8, 4) is 17.2 Å². The Bertz CT molecular complexity index is 2050. The van der Waals surface area contributed by atoms with Crippen LogP contribution in [0.25, 0.3) is 11.8 Å². The largest absolute Gasteiger partial charge is 0.493 e. The lowest BCUT2D eigenvalue weighted by Crippen LogP contribution is -2.40. The first-order valence-corrected chi connectivity index (χ1v) is 16.3. The van der Waals surface area contributed by atoms with Gasteiger partial charge < -0.3 is 23.5 Å². The fourth-order valence-corrected chi connectivity index (χ4v) is 6.78. The molecule has 11 heteroatoms. The van der Waals surface area contributed by atoms with Crippen LogP contribution in [0.5, 0.6) is 11.5 Å². The normalized spacial score (nSPS) is 14.6. The number of thiazole rings is 1. The fraction of sp³-hybridized carbons (Fsp3) is 0.333. The third-order valence-electron chi connectivity index (χ3n) is 7.78. The second-order valence-corrected chi connectivity index (χ2v) is 12.3. The Balaban J connectivity index is 1.63. The van der Waals surface area contributed by atoms with Crippen LogP contribution in [0.1, 0.15) is 73.5 Å². The van der Waals surface area contributed by atoms with Gasteiger partial charge in [0.15, 0.2) is 16.3 Å². The molecule has 0 radical (unpaired) electrons. The Kier molecular flexibility index (Phi) is 9.85. The zero-order valence-corrected chi connectivity index (χ0v) is 28.7. The average Bonchev–Trinajstić information content (AvgIpc) is 3.49. The minimum absolute atomic E-state index is 0.0735. The van der Waals surface area contributed by atoms with Gasteiger partial charge in [-0.1, -0.05) is 17.4 Å². The van der Waals surface area contributed by atoms with E-state index in [-0.39, 0.29) is 29.8 Å². The lowest BCUT2D eigenvalue weighted by atomic mass is 9.95. The number of benzene rings is 2. The van der Waals surface area contributed by atoms with Gasteiger partial charge in [0.05, 0.1) is 53.8 Å². The van der Waals surface area contributed by atoms with Gasteiger partial charge in [-0.25, -0.2) is 14.6 Å². The molecule has 0 saturated heterocycles. The zero-order chi connectivity index (χ0) is 34.0. The molecule has 0 bridgehead atoms. The monoisotopic (exact) mass is 657 g/mol. The molecule has 0 fully saturated rings. The van der Waals surface area contributed by atoms with E-state index < -0.39 is 12.0 Å². The summed E-state index contributed by atoms with van der Waals surface area (Å²) in [6.45, 7) is 13.6. The highest BCUT2D eigenvalue weighted by atomic mass is 32.1. The van der Waals surface area contributed by atoms with Crippen molar-refractivity contribution in [2.24, 2.45) is 4.99 Å². The molecule has 3 heterocycles. The zero-order valence-electron chi connectivity index (χ0n) is 27.9. The molecule has 1 aliphatic heterocycles. The first kappa shape index (κ1) is 33.5. The van der Waals surface area contributed by atoms with Crippen molar-refractivity contribution in [2.75, 3.05) is 20.3 Å². The summed E-state index contributed by atoms with van der Waals surface area (Å²) in [7, 11) is 1.55. The van der Waals surface area contributed by atoms with Crippen LogP contribution in [0.15, 0.2) is 69.6 Å². The smallest absolute Gasteiger partial charge is 0.338 e. The summed E-state index contributed by atoms with van der Waals surface area (Å²) in [5.74, 6) is 0.142. The van der Waals surface area contributed by atoms with Crippen LogP contribution >= 0.6 is 11.3 Å². The van der Waals surface area contributed by atoms with Gasteiger partial charge in [-0.3, -0.25) is 9.36 Å². The standard InChI is InChI=1S/C36H39N3O7S/c1-9-44-34(41)24-11-14-27(15-12-24)38-21(5)17-26(23(38)7)19-30-33(40)39-32(25-13-16-28(46-20(3)4)29(18-25)43-8)31(35(42)45-10-2)22(6)37-36(39)47-30/h11-20,32H,9-10H2,1-8H3/b30-19-/t32-/m1/s1. The van der Waals surface area contributed by atoms with Crippen LogP contribution in [0.2, 0.25) is 0 Å².